The Morgan fingerprint density at radius 2 is 2.00 bits per heavy atom. The summed E-state index contributed by atoms with van der Waals surface area (Å²) in [6, 6.07) is 8.33. The van der Waals surface area contributed by atoms with E-state index in [0.717, 1.165) is 17.9 Å². The van der Waals surface area contributed by atoms with Crippen molar-refractivity contribution >= 4 is 23.2 Å². The average Bonchev–Trinajstić information content (AvgIpc) is 2.90. The molecule has 2 heterocycles. The number of nitrogens with zero attached hydrogens (tertiary/aromatic N) is 5. The van der Waals surface area contributed by atoms with E-state index < -0.39 is 0 Å². The predicted molar refractivity (Wildman–Crippen MR) is 83.8 cm³/mol. The molecule has 0 fully saturated rings. The van der Waals surface area contributed by atoms with Crippen molar-refractivity contribution in [2.75, 3.05) is 11.9 Å². The van der Waals surface area contributed by atoms with Crippen LogP contribution < -0.4 is 4.90 Å². The second kappa shape index (κ2) is 5.33. The zero-order valence-corrected chi connectivity index (χ0v) is 13.0. The van der Waals surface area contributed by atoms with Crippen molar-refractivity contribution in [3.8, 4) is 0 Å². The summed E-state index contributed by atoms with van der Waals surface area (Å²) in [4.78, 5) is 10.5. The third kappa shape index (κ3) is 2.45. The third-order valence-electron chi connectivity index (χ3n) is 3.60. The molecule has 0 spiro atoms. The highest BCUT2D eigenvalue weighted by Gasteiger charge is 2.16. The van der Waals surface area contributed by atoms with Gasteiger partial charge < -0.3 is 4.90 Å². The molecule has 108 valence electrons. The first-order valence-electron chi connectivity index (χ1n) is 6.69. The Labute approximate surface area is 128 Å². The summed E-state index contributed by atoms with van der Waals surface area (Å²) in [7, 11) is 2.02. The van der Waals surface area contributed by atoms with Gasteiger partial charge in [0.1, 0.15) is 17.3 Å². The van der Waals surface area contributed by atoms with Crippen LogP contribution in [0.3, 0.4) is 0 Å². The Kier molecular flexibility index (Phi) is 3.51. The second-order valence-corrected chi connectivity index (χ2v) is 5.46. The molecule has 0 aliphatic carbocycles. The number of fused-ring (bicyclic) bond motifs is 1. The molecule has 0 N–H and O–H groups in total. The fourth-order valence-electron chi connectivity index (χ4n) is 2.45. The molecule has 0 radical (unpaired) electrons. The van der Waals surface area contributed by atoms with E-state index in [1.54, 1.807) is 4.52 Å². The van der Waals surface area contributed by atoms with Gasteiger partial charge in [-0.15, -0.1) is 0 Å². The Bertz CT molecular complexity index is 796. The van der Waals surface area contributed by atoms with Gasteiger partial charge in [0.2, 0.25) is 0 Å². The van der Waals surface area contributed by atoms with E-state index in [9.17, 15) is 0 Å². The highest BCUT2D eigenvalue weighted by atomic mass is 35.5. The van der Waals surface area contributed by atoms with Gasteiger partial charge in [0.25, 0.3) is 5.78 Å². The molecule has 0 unspecified atom stereocenters. The topological polar surface area (TPSA) is 46.3 Å². The van der Waals surface area contributed by atoms with Crippen molar-refractivity contribution in [2.45, 2.75) is 20.4 Å². The van der Waals surface area contributed by atoms with Gasteiger partial charge >= 0.3 is 0 Å². The molecule has 6 heteroatoms. The van der Waals surface area contributed by atoms with Crippen LogP contribution in [0.2, 0.25) is 5.15 Å². The van der Waals surface area contributed by atoms with Crippen LogP contribution >= 0.6 is 11.6 Å². The lowest BCUT2D eigenvalue weighted by Gasteiger charge is -2.23. The molecule has 0 amide bonds. The van der Waals surface area contributed by atoms with E-state index in [2.05, 4.69) is 39.0 Å². The lowest BCUT2D eigenvalue weighted by Crippen LogP contribution is -2.22. The summed E-state index contributed by atoms with van der Waals surface area (Å²) >= 11 is 6.21. The average molecular weight is 302 g/mol. The summed E-state index contributed by atoms with van der Waals surface area (Å²) < 4.78 is 1.72. The minimum Gasteiger partial charge on any atom is -0.355 e. The van der Waals surface area contributed by atoms with E-state index >= 15 is 0 Å². The molecular formula is C15H16ClN5. The highest BCUT2D eigenvalue weighted by Crippen LogP contribution is 2.26. The van der Waals surface area contributed by atoms with Crippen LogP contribution in [0, 0.1) is 13.8 Å². The van der Waals surface area contributed by atoms with E-state index in [0.29, 0.717) is 10.9 Å². The van der Waals surface area contributed by atoms with Crippen molar-refractivity contribution in [3.63, 3.8) is 0 Å². The van der Waals surface area contributed by atoms with Crippen molar-refractivity contribution in [1.29, 1.82) is 0 Å². The predicted octanol–water partition coefficient (Wildman–Crippen LogP) is 3.03. The molecule has 0 atom stereocenters. The first kappa shape index (κ1) is 13.8. The smallest absolute Gasteiger partial charge is 0.255 e. The SMILES string of the molecule is Cc1ccccc1CN(C)c1c(C)c(Cl)nc2ncnn12. The van der Waals surface area contributed by atoms with Crippen molar-refractivity contribution in [3.05, 3.63) is 52.4 Å². The van der Waals surface area contributed by atoms with Gasteiger partial charge in [0.05, 0.1) is 0 Å². The van der Waals surface area contributed by atoms with Crippen LogP contribution in [0.4, 0.5) is 5.82 Å². The molecule has 0 saturated heterocycles. The lowest BCUT2D eigenvalue weighted by atomic mass is 10.1. The first-order chi connectivity index (χ1) is 10.1. The number of rotatable bonds is 3. The molecular weight excluding hydrogens is 286 g/mol. The summed E-state index contributed by atoms with van der Waals surface area (Å²) in [5, 5.41) is 4.71. The molecule has 0 aliphatic heterocycles. The van der Waals surface area contributed by atoms with Gasteiger partial charge in [0, 0.05) is 19.2 Å². The Morgan fingerprint density at radius 1 is 1.24 bits per heavy atom. The van der Waals surface area contributed by atoms with E-state index in [1.165, 1.54) is 17.5 Å². The third-order valence-corrected chi connectivity index (χ3v) is 3.97. The van der Waals surface area contributed by atoms with E-state index in [-0.39, 0.29) is 0 Å². The Balaban J connectivity index is 2.05. The van der Waals surface area contributed by atoms with Crippen LogP contribution in [0.1, 0.15) is 16.7 Å². The summed E-state index contributed by atoms with van der Waals surface area (Å²) in [5.41, 5.74) is 3.42. The molecule has 0 aliphatic rings. The number of aromatic nitrogens is 4. The van der Waals surface area contributed by atoms with Crippen LogP contribution in [0.15, 0.2) is 30.6 Å². The molecule has 0 saturated carbocycles. The van der Waals surface area contributed by atoms with Crippen molar-refractivity contribution < 1.29 is 0 Å². The maximum atomic E-state index is 6.21. The zero-order chi connectivity index (χ0) is 15.0. The molecule has 2 aromatic heterocycles. The largest absolute Gasteiger partial charge is 0.355 e. The molecule has 0 bridgehead atoms. The van der Waals surface area contributed by atoms with Gasteiger partial charge in [-0.05, 0) is 25.0 Å². The van der Waals surface area contributed by atoms with E-state index in [4.69, 9.17) is 11.6 Å². The van der Waals surface area contributed by atoms with Crippen molar-refractivity contribution in [2.24, 2.45) is 0 Å². The number of aryl methyl sites for hydroxylation is 1. The minimum absolute atomic E-state index is 0.460. The van der Waals surface area contributed by atoms with Gasteiger partial charge in [-0.2, -0.15) is 19.6 Å². The minimum atomic E-state index is 0.460. The van der Waals surface area contributed by atoms with Crippen LogP contribution in [-0.4, -0.2) is 26.6 Å². The number of benzene rings is 1. The van der Waals surface area contributed by atoms with E-state index in [1.807, 2.05) is 26.1 Å². The fourth-order valence-corrected chi connectivity index (χ4v) is 2.61. The Morgan fingerprint density at radius 3 is 2.76 bits per heavy atom. The molecule has 3 rings (SSSR count). The maximum absolute atomic E-state index is 6.21. The number of hydrogen-bond donors (Lipinski definition) is 0. The number of halogens is 1. The maximum Gasteiger partial charge on any atom is 0.255 e. The van der Waals surface area contributed by atoms with Gasteiger partial charge in [0.15, 0.2) is 0 Å². The summed E-state index contributed by atoms with van der Waals surface area (Å²) in [6.45, 7) is 4.82. The first-order valence-corrected chi connectivity index (χ1v) is 7.07. The second-order valence-electron chi connectivity index (χ2n) is 5.11. The summed E-state index contributed by atoms with van der Waals surface area (Å²) in [6.07, 6.45) is 1.49. The highest BCUT2D eigenvalue weighted by molar-refractivity contribution is 6.30. The van der Waals surface area contributed by atoms with Crippen LogP contribution in [-0.2, 0) is 6.54 Å². The van der Waals surface area contributed by atoms with Crippen molar-refractivity contribution in [1.82, 2.24) is 19.6 Å². The fraction of sp³-hybridized carbons (Fsp3) is 0.267. The number of anilines is 1. The lowest BCUT2D eigenvalue weighted by molar-refractivity contribution is 0.820. The summed E-state index contributed by atoms with van der Waals surface area (Å²) in [5.74, 6) is 1.42. The zero-order valence-electron chi connectivity index (χ0n) is 12.2. The monoisotopic (exact) mass is 301 g/mol. The van der Waals surface area contributed by atoms with Gasteiger partial charge in [-0.25, -0.2) is 0 Å². The van der Waals surface area contributed by atoms with Gasteiger partial charge in [-0.3, -0.25) is 0 Å². The normalized spacial score (nSPS) is 11.0. The number of hydrogen-bond acceptors (Lipinski definition) is 4. The van der Waals surface area contributed by atoms with Crippen LogP contribution in [0.5, 0.6) is 0 Å². The quantitative estimate of drug-likeness (QED) is 0.698. The molecule has 3 aromatic rings. The molecule has 5 nitrogen and oxygen atoms in total. The Hall–Kier alpha value is -2.14. The molecule has 21 heavy (non-hydrogen) atoms. The van der Waals surface area contributed by atoms with Crippen LogP contribution in [0.25, 0.3) is 5.78 Å². The molecule has 1 aromatic carbocycles. The van der Waals surface area contributed by atoms with Gasteiger partial charge in [-0.1, -0.05) is 35.9 Å². The standard InChI is InChI=1S/C15H16ClN5/c1-10-6-4-5-7-12(10)8-20(3)14-11(2)13(16)19-15-17-9-18-21(14)15/h4-7,9H,8H2,1-3H3.